The number of rotatable bonds is 8. The van der Waals surface area contributed by atoms with Gasteiger partial charge >= 0.3 is 11.9 Å². The van der Waals surface area contributed by atoms with E-state index < -0.39 is 5.97 Å². The number of halogens is 3. The third kappa shape index (κ3) is 34.4. The van der Waals surface area contributed by atoms with Gasteiger partial charge in [-0.2, -0.15) is 4.89 Å². The third-order valence-electron chi connectivity index (χ3n) is 2.16. The molecule has 0 amide bonds. The van der Waals surface area contributed by atoms with Gasteiger partial charge in [0.15, 0.2) is 0 Å². The SMILES string of the molecule is CC(=O)OOCC[N+](C)(C)C.C[N+](C)(C)CCOC(=O)CI.[I-].[I-]. The Bertz CT molecular complexity index is 331. The Morgan fingerprint density at radius 1 is 0.875 bits per heavy atom. The number of ether oxygens (including phenoxy) is 1. The quantitative estimate of drug-likeness (QED) is 0.0487. The van der Waals surface area contributed by atoms with Crippen LogP contribution in [0.2, 0.25) is 0 Å². The highest BCUT2D eigenvalue weighted by Crippen LogP contribution is 1.91. The molecule has 24 heavy (non-hydrogen) atoms. The molecule has 0 rings (SSSR count). The Morgan fingerprint density at radius 3 is 1.62 bits per heavy atom. The number of hydrogen-bond acceptors (Lipinski definition) is 5. The molecule has 0 aromatic heterocycles. The first-order valence-electron chi connectivity index (χ1n) is 7.00. The molecule has 0 saturated carbocycles. The minimum absolute atomic E-state index is 0. The summed E-state index contributed by atoms with van der Waals surface area (Å²) in [6, 6.07) is 0. The van der Waals surface area contributed by atoms with Gasteiger partial charge in [0.1, 0.15) is 26.3 Å². The van der Waals surface area contributed by atoms with Gasteiger partial charge in [0.2, 0.25) is 0 Å². The molecule has 148 valence electrons. The molecular weight excluding hydrogens is 657 g/mol. The van der Waals surface area contributed by atoms with E-state index in [9.17, 15) is 9.59 Å². The number of likely N-dealkylation sites (N-methyl/N-ethyl adjacent to an activating group) is 2. The molecule has 0 bridgehead atoms. The molecular formula is C14H31I3N2O5. The summed E-state index contributed by atoms with van der Waals surface area (Å²) in [5.41, 5.74) is 0. The van der Waals surface area contributed by atoms with Crippen molar-refractivity contribution in [2.24, 2.45) is 0 Å². The molecule has 0 aliphatic heterocycles. The molecule has 0 atom stereocenters. The topological polar surface area (TPSA) is 61.8 Å². The fraction of sp³-hybridized carbons (Fsp3) is 0.857. The summed E-state index contributed by atoms with van der Waals surface area (Å²) >= 11 is 1.99. The zero-order valence-corrected chi connectivity index (χ0v) is 22.1. The summed E-state index contributed by atoms with van der Waals surface area (Å²) in [5, 5.41) is 0. The van der Waals surface area contributed by atoms with E-state index in [1.54, 1.807) is 0 Å². The second-order valence-corrected chi connectivity index (χ2v) is 7.54. The van der Waals surface area contributed by atoms with E-state index in [0.717, 1.165) is 22.1 Å². The molecule has 0 radical (unpaired) electrons. The minimum Gasteiger partial charge on any atom is -1.00 e. The minimum atomic E-state index is -0.411. The van der Waals surface area contributed by atoms with E-state index in [2.05, 4.69) is 30.9 Å². The van der Waals surface area contributed by atoms with Crippen LogP contribution in [0.25, 0.3) is 0 Å². The van der Waals surface area contributed by atoms with Crippen LogP contribution in [-0.2, 0) is 24.1 Å². The molecule has 0 aliphatic carbocycles. The van der Waals surface area contributed by atoms with Gasteiger partial charge in [-0.05, 0) is 0 Å². The van der Waals surface area contributed by atoms with Crippen LogP contribution in [0.5, 0.6) is 0 Å². The van der Waals surface area contributed by atoms with Crippen LogP contribution < -0.4 is 48.0 Å². The molecule has 0 aliphatic rings. The summed E-state index contributed by atoms with van der Waals surface area (Å²) in [4.78, 5) is 29.8. The summed E-state index contributed by atoms with van der Waals surface area (Å²) in [5.74, 6) is -0.537. The molecule has 0 saturated heterocycles. The van der Waals surface area contributed by atoms with E-state index in [1.807, 2.05) is 43.7 Å². The first kappa shape index (κ1) is 32.7. The van der Waals surface area contributed by atoms with Crippen molar-refractivity contribution in [3.63, 3.8) is 0 Å². The number of carbonyl (C=O) groups is 2. The highest BCUT2D eigenvalue weighted by atomic mass is 127. The lowest BCUT2D eigenvalue weighted by atomic mass is 10.5. The molecule has 0 heterocycles. The summed E-state index contributed by atoms with van der Waals surface area (Å²) in [7, 11) is 12.3. The predicted molar refractivity (Wildman–Crippen MR) is 93.4 cm³/mol. The van der Waals surface area contributed by atoms with E-state index in [1.165, 1.54) is 6.92 Å². The van der Waals surface area contributed by atoms with Gasteiger partial charge in [-0.1, -0.05) is 22.6 Å². The molecule has 0 N–H and O–H groups in total. The summed E-state index contributed by atoms with van der Waals surface area (Å²) in [6.45, 7) is 3.94. The Labute approximate surface area is 194 Å². The molecule has 10 heteroatoms. The second kappa shape index (κ2) is 17.4. The number of quaternary nitrogens is 2. The normalized spacial score (nSPS) is 10.3. The van der Waals surface area contributed by atoms with Crippen LogP contribution >= 0.6 is 22.6 Å². The van der Waals surface area contributed by atoms with Crippen molar-refractivity contribution < 1.29 is 81.0 Å². The average Bonchev–Trinajstić information content (AvgIpc) is 2.32. The van der Waals surface area contributed by atoms with E-state index in [4.69, 9.17) is 4.74 Å². The number of hydrogen-bond donors (Lipinski definition) is 0. The summed E-state index contributed by atoms with van der Waals surface area (Å²) in [6.07, 6.45) is 0. The van der Waals surface area contributed by atoms with Crippen LogP contribution in [0.1, 0.15) is 6.92 Å². The van der Waals surface area contributed by atoms with Crippen LogP contribution in [0, 0.1) is 0 Å². The van der Waals surface area contributed by atoms with Crippen molar-refractivity contribution >= 4 is 34.5 Å². The molecule has 0 unspecified atom stereocenters. The van der Waals surface area contributed by atoms with E-state index in [-0.39, 0.29) is 53.9 Å². The Balaban J connectivity index is -0.000000154. The highest BCUT2D eigenvalue weighted by Gasteiger charge is 2.08. The van der Waals surface area contributed by atoms with E-state index in [0.29, 0.717) is 17.6 Å². The fourth-order valence-corrected chi connectivity index (χ4v) is 1.13. The first-order valence-corrected chi connectivity index (χ1v) is 8.52. The first-order chi connectivity index (χ1) is 9.87. The van der Waals surface area contributed by atoms with Gasteiger partial charge in [-0.15, -0.1) is 0 Å². The van der Waals surface area contributed by atoms with Crippen LogP contribution in [0.3, 0.4) is 0 Å². The zero-order valence-electron chi connectivity index (χ0n) is 15.6. The average molecular weight is 688 g/mol. The Hall–Kier alpha value is 1.01. The van der Waals surface area contributed by atoms with Gasteiger partial charge in [0, 0.05) is 6.92 Å². The fourth-order valence-electron chi connectivity index (χ4n) is 0.908. The number of nitrogens with zero attached hydrogens (tertiary/aromatic N) is 2. The lowest BCUT2D eigenvalue weighted by Gasteiger charge is -2.23. The predicted octanol–water partition coefficient (Wildman–Crippen LogP) is -5.13. The zero-order chi connectivity index (χ0) is 17.8. The van der Waals surface area contributed by atoms with Gasteiger partial charge in [-0.3, -0.25) is 9.68 Å². The maximum atomic E-state index is 10.7. The van der Waals surface area contributed by atoms with Crippen LogP contribution in [0.4, 0.5) is 0 Å². The molecule has 0 spiro atoms. The van der Waals surface area contributed by atoms with Crippen molar-refractivity contribution in [3.05, 3.63) is 0 Å². The molecule has 0 aromatic rings. The molecule has 0 fully saturated rings. The monoisotopic (exact) mass is 688 g/mol. The van der Waals surface area contributed by atoms with Crippen molar-refractivity contribution in [2.75, 3.05) is 73.0 Å². The van der Waals surface area contributed by atoms with Crippen molar-refractivity contribution in [2.45, 2.75) is 6.92 Å². The lowest BCUT2D eigenvalue weighted by Crippen LogP contribution is -3.00. The highest BCUT2D eigenvalue weighted by molar-refractivity contribution is 14.1. The van der Waals surface area contributed by atoms with Gasteiger partial charge < -0.3 is 61.7 Å². The van der Waals surface area contributed by atoms with Crippen LogP contribution in [-0.4, -0.2) is 93.9 Å². The van der Waals surface area contributed by atoms with Crippen molar-refractivity contribution in [3.8, 4) is 0 Å². The maximum absolute atomic E-state index is 10.7. The Morgan fingerprint density at radius 2 is 1.29 bits per heavy atom. The van der Waals surface area contributed by atoms with E-state index >= 15 is 0 Å². The number of esters is 1. The maximum Gasteiger partial charge on any atom is 0.339 e. The second-order valence-electron chi connectivity index (χ2n) is 6.78. The standard InChI is InChI=1S/C7H15INO2.C7H16NO3.2HI/c1-9(2,3)4-5-11-7(10)6-8;1-7(9)11-10-6-5-8(2,3)4;;/h4-6H2,1-3H3;5-6H2,1-4H3;2*1H/q2*+1;;/p-2. The van der Waals surface area contributed by atoms with Gasteiger partial charge in [0.25, 0.3) is 0 Å². The van der Waals surface area contributed by atoms with Crippen molar-refractivity contribution in [1.29, 1.82) is 0 Å². The third-order valence-corrected chi connectivity index (χ3v) is 2.78. The summed E-state index contributed by atoms with van der Waals surface area (Å²) < 4.78 is 6.97. The largest absolute Gasteiger partial charge is 1.00 e. The Kier molecular flexibility index (Phi) is 23.7. The number of alkyl halides is 1. The van der Waals surface area contributed by atoms with Gasteiger partial charge in [-0.25, -0.2) is 4.79 Å². The molecule has 0 aromatic carbocycles. The van der Waals surface area contributed by atoms with Crippen molar-refractivity contribution in [1.82, 2.24) is 0 Å². The number of carbonyl (C=O) groups excluding carboxylic acids is 2. The lowest BCUT2D eigenvalue weighted by molar-refractivity contribution is -0.871. The van der Waals surface area contributed by atoms with Gasteiger partial charge in [0.05, 0.1) is 46.7 Å². The molecule has 7 nitrogen and oxygen atoms in total. The van der Waals surface area contributed by atoms with Crippen LogP contribution in [0.15, 0.2) is 0 Å². The smallest absolute Gasteiger partial charge is 0.339 e.